The molecule has 1 aromatic rings. The number of hydrogen-bond donors (Lipinski definition) is 2. The zero-order valence-corrected chi connectivity index (χ0v) is 14.3. The molecule has 5 nitrogen and oxygen atoms in total. The second-order valence-corrected chi connectivity index (χ2v) is 6.40. The summed E-state index contributed by atoms with van der Waals surface area (Å²) >= 11 is 0. The Morgan fingerprint density at radius 2 is 2.30 bits per heavy atom. The van der Waals surface area contributed by atoms with Gasteiger partial charge in [-0.1, -0.05) is 6.07 Å². The summed E-state index contributed by atoms with van der Waals surface area (Å²) < 4.78 is 5.29. The van der Waals surface area contributed by atoms with Crippen molar-refractivity contribution >= 4 is 6.03 Å². The lowest BCUT2D eigenvalue weighted by molar-refractivity contribution is 0.163. The molecule has 0 unspecified atom stereocenters. The lowest BCUT2D eigenvalue weighted by atomic mass is 9.82. The highest BCUT2D eigenvalue weighted by molar-refractivity contribution is 5.73. The van der Waals surface area contributed by atoms with Crippen LogP contribution in [0.5, 0.6) is 5.75 Å². The van der Waals surface area contributed by atoms with Gasteiger partial charge in [-0.3, -0.25) is 0 Å². The van der Waals surface area contributed by atoms with E-state index in [-0.39, 0.29) is 12.1 Å². The van der Waals surface area contributed by atoms with Crippen molar-refractivity contribution < 1.29 is 14.6 Å². The van der Waals surface area contributed by atoms with Gasteiger partial charge < -0.3 is 20.1 Å². The van der Waals surface area contributed by atoms with Crippen molar-refractivity contribution in [3.63, 3.8) is 0 Å². The maximum Gasteiger partial charge on any atom is 0.317 e. The van der Waals surface area contributed by atoms with E-state index in [9.17, 15) is 9.90 Å². The topological polar surface area (TPSA) is 61.8 Å². The van der Waals surface area contributed by atoms with Gasteiger partial charge in [0, 0.05) is 26.1 Å². The van der Waals surface area contributed by atoms with Crippen LogP contribution < -0.4 is 10.1 Å². The van der Waals surface area contributed by atoms with E-state index in [2.05, 4.69) is 17.4 Å². The van der Waals surface area contributed by atoms with E-state index in [1.807, 2.05) is 6.07 Å². The molecule has 1 aliphatic carbocycles. The normalized spacial score (nSPS) is 18.0. The van der Waals surface area contributed by atoms with Gasteiger partial charge in [-0.05, 0) is 55.9 Å². The van der Waals surface area contributed by atoms with Crippen molar-refractivity contribution in [2.24, 2.45) is 0 Å². The van der Waals surface area contributed by atoms with Gasteiger partial charge in [-0.25, -0.2) is 4.79 Å². The van der Waals surface area contributed by atoms with E-state index in [0.29, 0.717) is 25.4 Å². The molecule has 2 rings (SSSR count). The summed E-state index contributed by atoms with van der Waals surface area (Å²) in [7, 11) is 3.45. The first-order valence-corrected chi connectivity index (χ1v) is 8.35. The SMILES string of the molecule is COc1ccc2c(c1)CCC[C@@H]2CNC(=O)N(C)CC[C@H](C)O. The van der Waals surface area contributed by atoms with E-state index in [1.54, 1.807) is 26.0 Å². The van der Waals surface area contributed by atoms with Crippen LogP contribution in [0.1, 0.15) is 43.2 Å². The number of fused-ring (bicyclic) bond motifs is 1. The number of amides is 2. The summed E-state index contributed by atoms with van der Waals surface area (Å²) in [4.78, 5) is 13.8. The fraction of sp³-hybridized carbons (Fsp3) is 0.611. The lowest BCUT2D eigenvalue weighted by Crippen LogP contribution is -2.40. The first-order valence-electron chi connectivity index (χ1n) is 8.35. The van der Waals surface area contributed by atoms with Crippen molar-refractivity contribution in [1.82, 2.24) is 10.2 Å². The lowest BCUT2D eigenvalue weighted by Gasteiger charge is -2.27. The highest BCUT2D eigenvalue weighted by Gasteiger charge is 2.21. The van der Waals surface area contributed by atoms with E-state index in [1.165, 1.54) is 11.1 Å². The fourth-order valence-electron chi connectivity index (χ4n) is 3.06. The minimum Gasteiger partial charge on any atom is -0.497 e. The molecule has 0 bridgehead atoms. The van der Waals surface area contributed by atoms with Crippen molar-refractivity contribution in [1.29, 1.82) is 0 Å². The third kappa shape index (κ3) is 4.86. The summed E-state index contributed by atoms with van der Waals surface area (Å²) in [6.07, 6.45) is 3.52. The van der Waals surface area contributed by atoms with Gasteiger partial charge in [0.1, 0.15) is 5.75 Å². The van der Waals surface area contributed by atoms with Crippen LogP contribution in [0.2, 0.25) is 0 Å². The van der Waals surface area contributed by atoms with Crippen molar-refractivity contribution in [2.75, 3.05) is 27.2 Å². The molecule has 0 spiro atoms. The first kappa shape index (κ1) is 17.6. The van der Waals surface area contributed by atoms with Crippen LogP contribution >= 0.6 is 0 Å². The molecule has 23 heavy (non-hydrogen) atoms. The quantitative estimate of drug-likeness (QED) is 0.847. The number of nitrogens with one attached hydrogen (secondary N) is 1. The van der Waals surface area contributed by atoms with Gasteiger partial charge in [-0.15, -0.1) is 0 Å². The number of aliphatic hydroxyl groups excluding tert-OH is 1. The Morgan fingerprint density at radius 1 is 1.52 bits per heavy atom. The molecular weight excluding hydrogens is 292 g/mol. The van der Waals surface area contributed by atoms with Crippen molar-refractivity contribution in [3.05, 3.63) is 29.3 Å². The Balaban J connectivity index is 1.91. The van der Waals surface area contributed by atoms with Crippen LogP contribution in [0.3, 0.4) is 0 Å². The van der Waals surface area contributed by atoms with E-state index in [0.717, 1.165) is 25.0 Å². The molecule has 0 aliphatic heterocycles. The predicted octanol–water partition coefficient (Wildman–Crippen LogP) is 2.53. The van der Waals surface area contributed by atoms with Gasteiger partial charge in [0.15, 0.2) is 0 Å². The van der Waals surface area contributed by atoms with Crippen LogP contribution in [-0.2, 0) is 6.42 Å². The number of carbonyl (C=O) groups is 1. The number of methoxy groups -OCH3 is 1. The molecule has 0 heterocycles. The molecule has 1 aromatic carbocycles. The fourth-order valence-corrected chi connectivity index (χ4v) is 3.06. The van der Waals surface area contributed by atoms with Crippen LogP contribution in [0, 0.1) is 0 Å². The number of hydrogen-bond acceptors (Lipinski definition) is 3. The standard InChI is InChI=1S/C18H28N2O3/c1-13(21)9-10-20(2)18(22)19-12-15-6-4-5-14-11-16(23-3)7-8-17(14)15/h7-8,11,13,15,21H,4-6,9-10,12H2,1-3H3,(H,19,22)/t13-,15+/m0/s1. The number of benzene rings is 1. The summed E-state index contributed by atoms with van der Waals surface area (Å²) in [5.74, 6) is 1.25. The highest BCUT2D eigenvalue weighted by Crippen LogP contribution is 2.33. The number of urea groups is 1. The van der Waals surface area contributed by atoms with Gasteiger partial charge >= 0.3 is 6.03 Å². The minimum absolute atomic E-state index is 0.0775. The number of nitrogens with zero attached hydrogens (tertiary/aromatic N) is 1. The number of aliphatic hydroxyl groups is 1. The minimum atomic E-state index is -0.384. The van der Waals surface area contributed by atoms with Crippen LogP contribution in [0.4, 0.5) is 4.79 Å². The molecule has 0 aromatic heterocycles. The van der Waals surface area contributed by atoms with Gasteiger partial charge in [0.2, 0.25) is 0 Å². The van der Waals surface area contributed by atoms with E-state index in [4.69, 9.17) is 4.74 Å². The number of aryl methyl sites for hydroxylation is 1. The largest absolute Gasteiger partial charge is 0.497 e. The third-order valence-electron chi connectivity index (χ3n) is 4.52. The average Bonchev–Trinajstić information content (AvgIpc) is 2.56. The van der Waals surface area contributed by atoms with Gasteiger partial charge in [-0.2, -0.15) is 0 Å². The molecule has 5 heteroatoms. The Labute approximate surface area is 138 Å². The molecule has 1 aliphatic rings. The van der Waals surface area contributed by atoms with Crippen LogP contribution in [0.15, 0.2) is 18.2 Å². The highest BCUT2D eigenvalue weighted by atomic mass is 16.5. The molecule has 2 amide bonds. The van der Waals surface area contributed by atoms with Crippen LogP contribution in [-0.4, -0.2) is 49.4 Å². The summed E-state index contributed by atoms with van der Waals surface area (Å²) in [5, 5.41) is 12.3. The molecule has 2 atom stereocenters. The third-order valence-corrected chi connectivity index (χ3v) is 4.52. The maximum absolute atomic E-state index is 12.1. The average molecular weight is 320 g/mol. The van der Waals surface area contributed by atoms with Gasteiger partial charge in [0.05, 0.1) is 13.2 Å². The number of carbonyl (C=O) groups excluding carboxylic acids is 1. The monoisotopic (exact) mass is 320 g/mol. The smallest absolute Gasteiger partial charge is 0.317 e. The van der Waals surface area contributed by atoms with E-state index >= 15 is 0 Å². The summed E-state index contributed by atoms with van der Waals surface area (Å²) in [5.41, 5.74) is 2.65. The Morgan fingerprint density at radius 3 is 3.00 bits per heavy atom. The maximum atomic E-state index is 12.1. The zero-order chi connectivity index (χ0) is 16.8. The Bertz CT molecular complexity index is 531. The molecule has 128 valence electrons. The van der Waals surface area contributed by atoms with Gasteiger partial charge in [0.25, 0.3) is 0 Å². The zero-order valence-electron chi connectivity index (χ0n) is 14.3. The molecule has 2 N–H and O–H groups in total. The van der Waals surface area contributed by atoms with Crippen molar-refractivity contribution in [2.45, 2.75) is 44.6 Å². The Hall–Kier alpha value is -1.75. The van der Waals surface area contributed by atoms with E-state index < -0.39 is 0 Å². The molecular formula is C18H28N2O3. The predicted molar refractivity (Wildman–Crippen MR) is 91.0 cm³/mol. The second-order valence-electron chi connectivity index (χ2n) is 6.40. The molecule has 0 fully saturated rings. The summed E-state index contributed by atoms with van der Waals surface area (Å²) in [6.45, 7) is 2.94. The molecule has 0 saturated heterocycles. The number of ether oxygens (including phenoxy) is 1. The van der Waals surface area contributed by atoms with Crippen molar-refractivity contribution in [3.8, 4) is 5.75 Å². The van der Waals surface area contributed by atoms with Crippen LogP contribution in [0.25, 0.3) is 0 Å². The Kier molecular flexibility index (Phi) is 6.28. The second kappa shape index (κ2) is 8.20. The molecule has 0 radical (unpaired) electrons. The summed E-state index contributed by atoms with van der Waals surface area (Å²) in [6, 6.07) is 6.15. The first-order chi connectivity index (χ1) is 11.0. The number of rotatable bonds is 6. The molecule has 0 saturated carbocycles.